The van der Waals surface area contributed by atoms with Crippen LogP contribution in [-0.2, 0) is 7.05 Å². The number of hydrogen-bond donors (Lipinski definition) is 2. The van der Waals surface area contributed by atoms with Gasteiger partial charge in [-0.2, -0.15) is 11.8 Å². The quantitative estimate of drug-likeness (QED) is 0.521. The predicted molar refractivity (Wildman–Crippen MR) is 54.1 cm³/mol. The number of nitrogens with zero attached hydrogens (tertiary/aromatic N) is 3. The van der Waals surface area contributed by atoms with Gasteiger partial charge in [-0.1, -0.05) is 12.1 Å². The summed E-state index contributed by atoms with van der Waals surface area (Å²) in [5.74, 6) is 7.47. The van der Waals surface area contributed by atoms with Gasteiger partial charge in [0.2, 0.25) is 0 Å². The molecule has 0 saturated heterocycles. The topological polar surface area (TPSA) is 68.8 Å². The molecule has 1 heterocycles. The highest BCUT2D eigenvalue weighted by Gasteiger charge is 2.13. The average Bonchev–Trinajstić information content (AvgIpc) is 2.54. The van der Waals surface area contributed by atoms with Crippen LogP contribution in [0, 0.1) is 0 Å². The van der Waals surface area contributed by atoms with Gasteiger partial charge in [0.15, 0.2) is 0 Å². The van der Waals surface area contributed by atoms with E-state index in [0.29, 0.717) is 0 Å². The molecular weight excluding hydrogens is 186 g/mol. The summed E-state index contributed by atoms with van der Waals surface area (Å²) in [5, 5.41) is 7.66. The van der Waals surface area contributed by atoms with Crippen molar-refractivity contribution in [1.29, 1.82) is 0 Å². The SMILES string of the molecule is CCSCC(NN)c1cnnn1C. The van der Waals surface area contributed by atoms with Gasteiger partial charge in [-0.3, -0.25) is 16.0 Å². The smallest absolute Gasteiger partial charge is 0.0775 e. The summed E-state index contributed by atoms with van der Waals surface area (Å²) in [5.41, 5.74) is 3.78. The molecule has 0 fully saturated rings. The number of rotatable bonds is 5. The Morgan fingerprint density at radius 3 is 3.00 bits per heavy atom. The van der Waals surface area contributed by atoms with Crippen molar-refractivity contribution in [3.05, 3.63) is 11.9 Å². The van der Waals surface area contributed by atoms with Gasteiger partial charge in [-0.25, -0.2) is 0 Å². The molecule has 0 bridgehead atoms. The second-order valence-electron chi connectivity index (χ2n) is 2.66. The van der Waals surface area contributed by atoms with E-state index in [9.17, 15) is 0 Å². The second-order valence-corrected chi connectivity index (χ2v) is 3.98. The fourth-order valence-corrected chi connectivity index (χ4v) is 1.81. The zero-order chi connectivity index (χ0) is 9.68. The van der Waals surface area contributed by atoms with Gasteiger partial charge < -0.3 is 0 Å². The molecule has 1 rings (SSSR count). The monoisotopic (exact) mass is 201 g/mol. The fourth-order valence-electron chi connectivity index (χ4n) is 1.07. The summed E-state index contributed by atoms with van der Waals surface area (Å²) in [6.45, 7) is 2.12. The van der Waals surface area contributed by atoms with E-state index in [2.05, 4.69) is 22.7 Å². The Bertz CT molecular complexity index is 249. The van der Waals surface area contributed by atoms with E-state index in [4.69, 9.17) is 5.84 Å². The van der Waals surface area contributed by atoms with Gasteiger partial charge in [-0.15, -0.1) is 5.10 Å². The minimum Gasteiger partial charge on any atom is -0.271 e. The summed E-state index contributed by atoms with van der Waals surface area (Å²) in [7, 11) is 1.86. The van der Waals surface area contributed by atoms with Gasteiger partial charge in [0.05, 0.1) is 17.9 Å². The minimum absolute atomic E-state index is 0.130. The number of nitrogens with two attached hydrogens (primary N) is 1. The summed E-state index contributed by atoms with van der Waals surface area (Å²) in [4.78, 5) is 0. The maximum atomic E-state index is 5.44. The molecule has 0 aliphatic rings. The van der Waals surface area contributed by atoms with Gasteiger partial charge >= 0.3 is 0 Å². The van der Waals surface area contributed by atoms with Crippen LogP contribution in [-0.4, -0.2) is 26.5 Å². The largest absolute Gasteiger partial charge is 0.271 e. The Labute approximate surface area is 82.0 Å². The second kappa shape index (κ2) is 5.21. The van der Waals surface area contributed by atoms with Crippen LogP contribution < -0.4 is 11.3 Å². The highest BCUT2D eigenvalue weighted by atomic mass is 32.2. The van der Waals surface area contributed by atoms with Crippen LogP contribution >= 0.6 is 11.8 Å². The van der Waals surface area contributed by atoms with Crippen LogP contribution in [0.25, 0.3) is 0 Å². The van der Waals surface area contributed by atoms with E-state index >= 15 is 0 Å². The summed E-state index contributed by atoms with van der Waals surface area (Å²) < 4.78 is 1.74. The lowest BCUT2D eigenvalue weighted by molar-refractivity contribution is 0.551. The Morgan fingerprint density at radius 2 is 2.54 bits per heavy atom. The molecule has 0 aromatic carbocycles. The molecule has 1 aromatic rings. The summed E-state index contributed by atoms with van der Waals surface area (Å²) >= 11 is 1.84. The lowest BCUT2D eigenvalue weighted by atomic mass is 10.3. The first-order valence-corrected chi connectivity index (χ1v) is 5.33. The van der Waals surface area contributed by atoms with Crippen molar-refractivity contribution in [1.82, 2.24) is 20.4 Å². The van der Waals surface area contributed by atoms with Crippen molar-refractivity contribution in [2.75, 3.05) is 11.5 Å². The molecule has 1 aromatic heterocycles. The Kier molecular flexibility index (Phi) is 4.20. The van der Waals surface area contributed by atoms with E-state index in [1.54, 1.807) is 10.9 Å². The number of nitrogens with one attached hydrogen (secondary N) is 1. The van der Waals surface area contributed by atoms with Crippen LogP contribution in [0.4, 0.5) is 0 Å². The number of aromatic nitrogens is 3. The molecule has 6 heteroatoms. The number of thioether (sulfide) groups is 1. The molecular formula is C7H15N5S. The van der Waals surface area contributed by atoms with Crippen molar-refractivity contribution in [3.8, 4) is 0 Å². The molecule has 0 radical (unpaired) electrons. The first-order chi connectivity index (χ1) is 6.29. The molecule has 1 atom stereocenters. The van der Waals surface area contributed by atoms with Crippen molar-refractivity contribution in [2.24, 2.45) is 12.9 Å². The molecule has 0 aliphatic carbocycles. The highest BCUT2D eigenvalue weighted by molar-refractivity contribution is 7.99. The molecule has 74 valence electrons. The Hall–Kier alpha value is -0.590. The van der Waals surface area contributed by atoms with Gasteiger partial charge in [0, 0.05) is 12.8 Å². The summed E-state index contributed by atoms with van der Waals surface area (Å²) in [6, 6.07) is 0.130. The molecule has 0 amide bonds. The van der Waals surface area contributed by atoms with Crippen molar-refractivity contribution < 1.29 is 0 Å². The number of hydrogen-bond acceptors (Lipinski definition) is 5. The van der Waals surface area contributed by atoms with Gasteiger partial charge in [0.25, 0.3) is 0 Å². The highest BCUT2D eigenvalue weighted by Crippen LogP contribution is 2.15. The molecule has 0 aliphatic heterocycles. The first-order valence-electron chi connectivity index (χ1n) is 4.18. The standard InChI is InChI=1S/C7H15N5S/c1-3-13-5-6(10-8)7-4-9-11-12(7)2/h4,6,10H,3,5,8H2,1-2H3. The molecule has 0 spiro atoms. The fraction of sp³-hybridized carbons (Fsp3) is 0.714. The van der Waals surface area contributed by atoms with Gasteiger partial charge in [0.1, 0.15) is 0 Å². The Morgan fingerprint density at radius 1 is 1.77 bits per heavy atom. The van der Waals surface area contributed by atoms with Crippen molar-refractivity contribution in [3.63, 3.8) is 0 Å². The third-order valence-electron chi connectivity index (χ3n) is 1.80. The zero-order valence-electron chi connectivity index (χ0n) is 7.90. The maximum absolute atomic E-state index is 5.44. The van der Waals surface area contributed by atoms with Crippen LogP contribution in [0.3, 0.4) is 0 Å². The van der Waals surface area contributed by atoms with Gasteiger partial charge in [-0.05, 0) is 5.75 Å². The van der Waals surface area contributed by atoms with E-state index in [1.165, 1.54) is 0 Å². The lowest BCUT2D eigenvalue weighted by Crippen LogP contribution is -2.31. The van der Waals surface area contributed by atoms with E-state index in [0.717, 1.165) is 17.2 Å². The normalized spacial score (nSPS) is 13.2. The van der Waals surface area contributed by atoms with E-state index < -0.39 is 0 Å². The maximum Gasteiger partial charge on any atom is 0.0775 e. The molecule has 1 unspecified atom stereocenters. The van der Waals surface area contributed by atoms with Crippen LogP contribution in [0.5, 0.6) is 0 Å². The molecule has 13 heavy (non-hydrogen) atoms. The molecule has 5 nitrogen and oxygen atoms in total. The zero-order valence-corrected chi connectivity index (χ0v) is 8.71. The minimum atomic E-state index is 0.130. The first kappa shape index (κ1) is 10.5. The third-order valence-corrected chi connectivity index (χ3v) is 2.77. The van der Waals surface area contributed by atoms with Crippen LogP contribution in [0.1, 0.15) is 18.7 Å². The van der Waals surface area contributed by atoms with Crippen molar-refractivity contribution >= 4 is 11.8 Å². The number of aryl methyl sites for hydroxylation is 1. The third kappa shape index (κ3) is 2.68. The lowest BCUT2D eigenvalue weighted by Gasteiger charge is -2.14. The van der Waals surface area contributed by atoms with E-state index in [1.807, 2.05) is 18.8 Å². The van der Waals surface area contributed by atoms with Crippen LogP contribution in [0.15, 0.2) is 6.20 Å². The molecule has 3 N–H and O–H groups in total. The Balaban J connectivity index is 2.61. The van der Waals surface area contributed by atoms with Crippen molar-refractivity contribution in [2.45, 2.75) is 13.0 Å². The number of hydrazine groups is 1. The van der Waals surface area contributed by atoms with E-state index in [-0.39, 0.29) is 6.04 Å². The predicted octanol–water partition coefficient (Wildman–Crippen LogP) is 0.0726. The summed E-state index contributed by atoms with van der Waals surface area (Å²) in [6.07, 6.45) is 1.74. The average molecular weight is 201 g/mol. The molecule has 0 saturated carbocycles. The van der Waals surface area contributed by atoms with Crippen LogP contribution in [0.2, 0.25) is 0 Å².